The molecule has 0 bridgehead atoms. The number of benzene rings is 2. The zero-order valence-corrected chi connectivity index (χ0v) is 17.5. The normalized spacial score (nSPS) is 19.8. The largest absolute Gasteiger partial charge is 0.361 e. The molecular weight excluding hydrogens is 416 g/mol. The predicted molar refractivity (Wildman–Crippen MR) is 117 cm³/mol. The highest BCUT2D eigenvalue weighted by atomic mass is 35.5. The molecule has 3 N–H and O–H groups in total. The van der Waals surface area contributed by atoms with Crippen molar-refractivity contribution in [3.8, 4) is 0 Å². The van der Waals surface area contributed by atoms with Gasteiger partial charge in [0.1, 0.15) is 12.1 Å². The molecule has 2 aliphatic rings. The second-order valence-corrected chi connectivity index (χ2v) is 8.42. The number of nitrogens with one attached hydrogen (secondary N) is 3. The van der Waals surface area contributed by atoms with Crippen LogP contribution in [0.25, 0.3) is 10.9 Å². The Morgan fingerprint density at radius 2 is 2.03 bits per heavy atom. The predicted octanol–water partition coefficient (Wildman–Crippen LogP) is 2.87. The van der Waals surface area contributed by atoms with Gasteiger partial charge < -0.3 is 15.6 Å². The summed E-state index contributed by atoms with van der Waals surface area (Å²) in [4.78, 5) is 42.4. The second kappa shape index (κ2) is 7.42. The number of carbonyl (C=O) groups excluding carboxylic acids is 3. The van der Waals surface area contributed by atoms with Crippen molar-refractivity contribution >= 4 is 40.3 Å². The van der Waals surface area contributed by atoms with E-state index in [-0.39, 0.29) is 18.4 Å². The lowest BCUT2D eigenvalue weighted by molar-refractivity contribution is -0.135. The summed E-state index contributed by atoms with van der Waals surface area (Å²) in [6, 6.07) is 12.8. The number of urea groups is 1. The van der Waals surface area contributed by atoms with Crippen LogP contribution >= 0.6 is 11.6 Å². The van der Waals surface area contributed by atoms with Crippen molar-refractivity contribution < 1.29 is 14.4 Å². The van der Waals surface area contributed by atoms with Crippen LogP contribution in [0.3, 0.4) is 0 Å². The number of imide groups is 1. The number of nitrogens with zero attached hydrogens (tertiary/aromatic N) is 1. The highest BCUT2D eigenvalue weighted by Gasteiger charge is 2.55. The standard InChI is InChI=1S/C23H21ClN4O3/c24-16-5-6-18-14(11-16)7-9-23(18)21(30)28(22(31)27-23)13-20(29)25-10-8-15-12-26-19-4-2-1-3-17(15)19/h1-6,11-12,26H,7-10,13H2,(H,25,29)(H,27,31). The number of fused-ring (bicyclic) bond motifs is 3. The molecule has 1 aromatic heterocycles. The number of amides is 4. The van der Waals surface area contributed by atoms with Crippen molar-refractivity contribution in [2.75, 3.05) is 13.1 Å². The molecule has 0 saturated carbocycles. The minimum Gasteiger partial charge on any atom is -0.361 e. The Hall–Kier alpha value is -3.32. The molecule has 1 unspecified atom stereocenters. The Morgan fingerprint density at radius 1 is 1.19 bits per heavy atom. The number of carbonyl (C=O) groups is 3. The van der Waals surface area contributed by atoms with Crippen LogP contribution in [0.2, 0.25) is 5.02 Å². The van der Waals surface area contributed by atoms with E-state index in [2.05, 4.69) is 15.6 Å². The average Bonchev–Trinajstić information content (AvgIpc) is 3.40. The lowest BCUT2D eigenvalue weighted by Gasteiger charge is -2.22. The van der Waals surface area contributed by atoms with E-state index < -0.39 is 11.6 Å². The van der Waals surface area contributed by atoms with Crippen LogP contribution in [0.4, 0.5) is 4.79 Å². The van der Waals surface area contributed by atoms with Gasteiger partial charge in [0.2, 0.25) is 5.91 Å². The van der Waals surface area contributed by atoms with Crippen LogP contribution in [0.15, 0.2) is 48.7 Å². The van der Waals surface area contributed by atoms with Crippen molar-refractivity contribution in [3.63, 3.8) is 0 Å². The first-order chi connectivity index (χ1) is 15.0. The van der Waals surface area contributed by atoms with Gasteiger partial charge in [0.25, 0.3) is 5.91 Å². The number of hydrogen-bond donors (Lipinski definition) is 3. The monoisotopic (exact) mass is 436 g/mol. The molecule has 1 spiro atoms. The maximum Gasteiger partial charge on any atom is 0.325 e. The lowest BCUT2D eigenvalue weighted by atomic mass is 9.92. The first-order valence-electron chi connectivity index (χ1n) is 10.2. The maximum atomic E-state index is 13.2. The van der Waals surface area contributed by atoms with E-state index in [1.165, 1.54) is 0 Å². The molecule has 7 nitrogen and oxygen atoms in total. The van der Waals surface area contributed by atoms with Crippen LogP contribution in [-0.2, 0) is 28.0 Å². The fourth-order valence-corrected chi connectivity index (χ4v) is 4.83. The fraction of sp³-hybridized carbons (Fsp3) is 0.261. The molecule has 1 fully saturated rings. The van der Waals surface area contributed by atoms with Gasteiger partial charge in [-0.2, -0.15) is 0 Å². The van der Waals surface area contributed by atoms with Crippen LogP contribution in [-0.4, -0.2) is 40.8 Å². The van der Waals surface area contributed by atoms with E-state index in [9.17, 15) is 14.4 Å². The summed E-state index contributed by atoms with van der Waals surface area (Å²) in [5.74, 6) is -0.750. The highest BCUT2D eigenvalue weighted by molar-refractivity contribution is 6.30. The van der Waals surface area contributed by atoms with Gasteiger partial charge in [-0.25, -0.2) is 4.79 Å². The first kappa shape index (κ1) is 19.6. The summed E-state index contributed by atoms with van der Waals surface area (Å²) in [7, 11) is 0. The van der Waals surface area contributed by atoms with Crippen LogP contribution in [0.5, 0.6) is 0 Å². The van der Waals surface area contributed by atoms with Crippen molar-refractivity contribution in [2.45, 2.75) is 24.8 Å². The molecule has 1 saturated heterocycles. The molecule has 158 valence electrons. The first-order valence-corrected chi connectivity index (χ1v) is 10.6. The summed E-state index contributed by atoms with van der Waals surface area (Å²) >= 11 is 6.06. The minimum atomic E-state index is -1.10. The van der Waals surface area contributed by atoms with E-state index in [1.54, 1.807) is 12.1 Å². The molecule has 31 heavy (non-hydrogen) atoms. The SMILES string of the molecule is O=C(CN1C(=O)NC2(CCc3cc(Cl)ccc32)C1=O)NCCc1c[nH]c2ccccc12. The molecule has 5 rings (SSSR count). The molecule has 3 aromatic rings. The number of para-hydroxylation sites is 1. The number of aryl methyl sites for hydroxylation is 1. The molecule has 8 heteroatoms. The Labute approximate surface area is 183 Å². The molecule has 1 atom stereocenters. The number of halogens is 1. The Kier molecular flexibility index (Phi) is 4.70. The van der Waals surface area contributed by atoms with Crippen LogP contribution in [0, 0.1) is 0 Å². The molecule has 2 heterocycles. The van der Waals surface area contributed by atoms with Crippen molar-refractivity contribution in [2.24, 2.45) is 0 Å². The molecule has 1 aliphatic heterocycles. The third-order valence-electron chi connectivity index (χ3n) is 6.17. The molecule has 1 aliphatic carbocycles. The number of aromatic amines is 1. The topological polar surface area (TPSA) is 94.3 Å². The number of hydrogen-bond acceptors (Lipinski definition) is 3. The smallest absolute Gasteiger partial charge is 0.325 e. The third kappa shape index (κ3) is 3.25. The maximum absolute atomic E-state index is 13.2. The summed E-state index contributed by atoms with van der Waals surface area (Å²) in [6.07, 6.45) is 3.69. The number of H-pyrrole nitrogens is 1. The zero-order chi connectivity index (χ0) is 21.6. The summed E-state index contributed by atoms with van der Waals surface area (Å²) in [5.41, 5.74) is 2.77. The Morgan fingerprint density at radius 3 is 2.90 bits per heavy atom. The zero-order valence-electron chi connectivity index (χ0n) is 16.7. The molecule has 0 radical (unpaired) electrons. The minimum absolute atomic E-state index is 0.302. The van der Waals surface area contributed by atoms with Gasteiger partial charge in [0.05, 0.1) is 0 Å². The van der Waals surface area contributed by atoms with Gasteiger partial charge in [-0.1, -0.05) is 35.9 Å². The summed E-state index contributed by atoms with van der Waals surface area (Å²) in [5, 5.41) is 7.35. The van der Waals surface area contributed by atoms with Crippen molar-refractivity contribution in [3.05, 3.63) is 70.4 Å². The van der Waals surface area contributed by atoms with Crippen LogP contribution in [0.1, 0.15) is 23.1 Å². The molecule has 4 amide bonds. The van der Waals surface area contributed by atoms with Gasteiger partial charge in [-0.05, 0) is 54.2 Å². The Bertz CT molecular complexity index is 1220. The highest BCUT2D eigenvalue weighted by Crippen LogP contribution is 2.42. The average molecular weight is 437 g/mol. The molecule has 2 aromatic carbocycles. The summed E-state index contributed by atoms with van der Waals surface area (Å²) in [6.45, 7) is 0.111. The van der Waals surface area contributed by atoms with Gasteiger partial charge in [0, 0.05) is 28.7 Å². The second-order valence-electron chi connectivity index (χ2n) is 7.99. The van der Waals surface area contributed by atoms with Gasteiger partial charge in [-0.15, -0.1) is 0 Å². The quantitative estimate of drug-likeness (QED) is 0.537. The lowest BCUT2D eigenvalue weighted by Crippen LogP contribution is -2.44. The van der Waals surface area contributed by atoms with Gasteiger partial charge in [0.15, 0.2) is 0 Å². The van der Waals surface area contributed by atoms with E-state index in [0.29, 0.717) is 30.8 Å². The summed E-state index contributed by atoms with van der Waals surface area (Å²) < 4.78 is 0. The van der Waals surface area contributed by atoms with Crippen LogP contribution < -0.4 is 10.6 Å². The van der Waals surface area contributed by atoms with Crippen molar-refractivity contribution in [1.82, 2.24) is 20.5 Å². The van der Waals surface area contributed by atoms with E-state index in [4.69, 9.17) is 11.6 Å². The van der Waals surface area contributed by atoms with E-state index in [0.717, 1.165) is 32.5 Å². The number of aromatic nitrogens is 1. The van der Waals surface area contributed by atoms with Crippen molar-refractivity contribution in [1.29, 1.82) is 0 Å². The fourth-order valence-electron chi connectivity index (χ4n) is 4.64. The number of rotatable bonds is 5. The Balaban J connectivity index is 1.23. The van der Waals surface area contributed by atoms with Gasteiger partial charge >= 0.3 is 6.03 Å². The third-order valence-corrected chi connectivity index (χ3v) is 6.40. The van der Waals surface area contributed by atoms with E-state index >= 15 is 0 Å². The van der Waals surface area contributed by atoms with E-state index in [1.807, 2.05) is 36.5 Å². The molecular formula is C23H21ClN4O3. The van der Waals surface area contributed by atoms with Gasteiger partial charge in [-0.3, -0.25) is 14.5 Å².